The van der Waals surface area contributed by atoms with E-state index in [0.717, 1.165) is 11.8 Å². The average Bonchev–Trinajstić information content (AvgIpc) is 3.06. The Morgan fingerprint density at radius 1 is 1.06 bits per heavy atom. The van der Waals surface area contributed by atoms with Crippen molar-refractivity contribution >= 4 is 26.7 Å². The van der Waals surface area contributed by atoms with Gasteiger partial charge in [0.25, 0.3) is 5.91 Å². The van der Waals surface area contributed by atoms with E-state index in [1.807, 2.05) is 39.0 Å². The highest BCUT2D eigenvalue weighted by Crippen LogP contribution is 2.32. The molecule has 3 aromatic rings. The van der Waals surface area contributed by atoms with Crippen molar-refractivity contribution in [3.8, 4) is 11.5 Å². The first-order valence-corrected chi connectivity index (χ1v) is 12.2. The first-order chi connectivity index (χ1) is 14.7. The van der Waals surface area contributed by atoms with Gasteiger partial charge in [-0.25, -0.2) is 8.42 Å². The van der Waals surface area contributed by atoms with Crippen LogP contribution in [0.2, 0.25) is 0 Å². The van der Waals surface area contributed by atoms with Gasteiger partial charge in [0.05, 0.1) is 25.0 Å². The number of nitrogens with one attached hydrogen (secondary N) is 1. The fourth-order valence-electron chi connectivity index (χ4n) is 3.37. The smallest absolute Gasteiger partial charge is 0.287 e. The van der Waals surface area contributed by atoms with Gasteiger partial charge < -0.3 is 19.2 Å². The quantitative estimate of drug-likeness (QED) is 0.529. The lowest BCUT2D eigenvalue weighted by molar-refractivity contribution is 0.0913. The predicted molar refractivity (Wildman–Crippen MR) is 119 cm³/mol. The second kappa shape index (κ2) is 9.43. The fourth-order valence-corrected chi connectivity index (χ4v) is 4.18. The molecule has 0 bridgehead atoms. The van der Waals surface area contributed by atoms with Gasteiger partial charge >= 0.3 is 0 Å². The van der Waals surface area contributed by atoms with Crippen LogP contribution in [0, 0.1) is 0 Å². The number of benzene rings is 2. The van der Waals surface area contributed by atoms with E-state index in [9.17, 15) is 13.2 Å². The molecule has 1 aromatic heterocycles. The van der Waals surface area contributed by atoms with Gasteiger partial charge in [-0.3, -0.25) is 4.79 Å². The zero-order chi connectivity index (χ0) is 22.6. The number of fused-ring (bicyclic) bond motifs is 1. The van der Waals surface area contributed by atoms with Gasteiger partial charge in [0.2, 0.25) is 0 Å². The summed E-state index contributed by atoms with van der Waals surface area (Å²) in [4.78, 5) is 13.0. The van der Waals surface area contributed by atoms with Crippen LogP contribution in [0.3, 0.4) is 0 Å². The van der Waals surface area contributed by atoms with Crippen LogP contribution >= 0.6 is 0 Å². The number of furan rings is 1. The number of amides is 1. The molecule has 7 nitrogen and oxygen atoms in total. The van der Waals surface area contributed by atoms with Crippen LogP contribution in [-0.2, 0) is 15.6 Å². The number of ether oxygens (including phenoxy) is 2. The molecule has 0 fully saturated rings. The van der Waals surface area contributed by atoms with E-state index in [-0.39, 0.29) is 17.6 Å². The molecule has 31 heavy (non-hydrogen) atoms. The van der Waals surface area contributed by atoms with Gasteiger partial charge in [-0.2, -0.15) is 0 Å². The van der Waals surface area contributed by atoms with Crippen molar-refractivity contribution in [3.05, 3.63) is 59.4 Å². The first kappa shape index (κ1) is 22.7. The third-order valence-electron chi connectivity index (χ3n) is 4.73. The topological polar surface area (TPSA) is 94.8 Å². The minimum absolute atomic E-state index is 0.00874. The van der Waals surface area contributed by atoms with E-state index >= 15 is 0 Å². The number of carbonyl (C=O) groups is 1. The van der Waals surface area contributed by atoms with E-state index in [4.69, 9.17) is 13.9 Å². The normalized spacial score (nSPS) is 12.5. The molecule has 3 rings (SSSR count). The predicted octanol–water partition coefficient (Wildman–Crippen LogP) is 4.27. The van der Waals surface area contributed by atoms with Gasteiger partial charge in [0.1, 0.15) is 5.58 Å². The summed E-state index contributed by atoms with van der Waals surface area (Å²) in [7, 11) is -3.37. The molecular weight excluding hydrogens is 418 g/mol. The van der Waals surface area contributed by atoms with Crippen LogP contribution < -0.4 is 14.8 Å². The number of sulfone groups is 1. The van der Waals surface area contributed by atoms with E-state index in [1.54, 1.807) is 24.3 Å². The molecule has 0 aliphatic carbocycles. The summed E-state index contributed by atoms with van der Waals surface area (Å²) in [5.74, 6) is 0.492. The van der Waals surface area contributed by atoms with Crippen molar-refractivity contribution in [3.63, 3.8) is 0 Å². The van der Waals surface area contributed by atoms with Crippen molar-refractivity contribution in [1.29, 1.82) is 0 Å². The van der Waals surface area contributed by atoms with Crippen molar-refractivity contribution in [2.75, 3.05) is 19.5 Å². The summed E-state index contributed by atoms with van der Waals surface area (Å²) in [6.07, 6.45) is 1.13. The lowest BCUT2D eigenvalue weighted by Gasteiger charge is -2.17. The molecule has 1 atom stereocenters. The van der Waals surface area contributed by atoms with E-state index in [2.05, 4.69) is 5.32 Å². The SMILES string of the molecule is CCOc1ccc(C(C)NC(=O)c2oc3ccccc3c2CS(C)(=O)=O)cc1OCC. The zero-order valence-corrected chi connectivity index (χ0v) is 18.9. The Morgan fingerprint density at radius 3 is 2.42 bits per heavy atom. The van der Waals surface area contributed by atoms with Crippen molar-refractivity contribution < 1.29 is 27.1 Å². The molecule has 1 N–H and O–H groups in total. The maximum Gasteiger partial charge on any atom is 0.287 e. The molecule has 0 aliphatic rings. The standard InChI is InChI=1S/C23H27NO6S/c1-5-28-20-12-11-16(13-21(20)29-6-2)15(3)24-23(25)22-18(14-31(4,26)27)17-9-7-8-10-19(17)30-22/h7-13,15H,5-6,14H2,1-4H3,(H,24,25). The lowest BCUT2D eigenvalue weighted by Crippen LogP contribution is -2.27. The summed E-state index contributed by atoms with van der Waals surface area (Å²) in [6, 6.07) is 12.1. The van der Waals surface area contributed by atoms with E-state index < -0.39 is 15.7 Å². The molecule has 0 radical (unpaired) electrons. The Kier molecular flexibility index (Phi) is 6.90. The second-order valence-corrected chi connectivity index (χ2v) is 9.38. The third kappa shape index (κ3) is 5.38. The van der Waals surface area contributed by atoms with Crippen molar-refractivity contribution in [2.45, 2.75) is 32.6 Å². The molecule has 166 valence electrons. The van der Waals surface area contributed by atoms with Crippen LogP contribution in [0.25, 0.3) is 11.0 Å². The minimum Gasteiger partial charge on any atom is -0.490 e. The Morgan fingerprint density at radius 2 is 1.74 bits per heavy atom. The van der Waals surface area contributed by atoms with Crippen LogP contribution in [0.5, 0.6) is 11.5 Å². The van der Waals surface area contributed by atoms with Gasteiger partial charge in [0, 0.05) is 17.2 Å². The molecule has 0 saturated carbocycles. The number of para-hydroxylation sites is 1. The number of hydrogen-bond donors (Lipinski definition) is 1. The number of hydrogen-bond acceptors (Lipinski definition) is 6. The second-order valence-electron chi connectivity index (χ2n) is 7.24. The highest BCUT2D eigenvalue weighted by molar-refractivity contribution is 7.89. The zero-order valence-electron chi connectivity index (χ0n) is 18.1. The Labute approximate surface area is 182 Å². The van der Waals surface area contributed by atoms with Crippen LogP contribution in [0.4, 0.5) is 0 Å². The van der Waals surface area contributed by atoms with Crippen LogP contribution in [0.15, 0.2) is 46.9 Å². The molecule has 1 unspecified atom stereocenters. The molecule has 0 aliphatic heterocycles. The molecule has 8 heteroatoms. The summed E-state index contributed by atoms with van der Waals surface area (Å²) < 4.78 is 40.9. The van der Waals surface area contributed by atoms with E-state index in [0.29, 0.717) is 41.2 Å². The fraction of sp³-hybridized carbons (Fsp3) is 0.348. The number of rotatable bonds is 9. The largest absolute Gasteiger partial charge is 0.490 e. The average molecular weight is 446 g/mol. The first-order valence-electron chi connectivity index (χ1n) is 10.1. The summed E-state index contributed by atoms with van der Waals surface area (Å²) >= 11 is 0. The summed E-state index contributed by atoms with van der Waals surface area (Å²) in [5.41, 5.74) is 1.66. The molecule has 0 spiro atoms. The highest BCUT2D eigenvalue weighted by atomic mass is 32.2. The van der Waals surface area contributed by atoms with E-state index in [1.165, 1.54) is 0 Å². The Balaban J connectivity index is 1.90. The Hall–Kier alpha value is -3.00. The van der Waals surface area contributed by atoms with Crippen LogP contribution in [0.1, 0.15) is 48.5 Å². The number of carbonyl (C=O) groups excluding carboxylic acids is 1. The van der Waals surface area contributed by atoms with Gasteiger partial charge in [-0.1, -0.05) is 24.3 Å². The van der Waals surface area contributed by atoms with Gasteiger partial charge in [-0.05, 0) is 44.5 Å². The summed E-state index contributed by atoms with van der Waals surface area (Å²) in [6.45, 7) is 6.62. The maximum absolute atomic E-state index is 13.0. The highest BCUT2D eigenvalue weighted by Gasteiger charge is 2.24. The van der Waals surface area contributed by atoms with Crippen molar-refractivity contribution in [2.24, 2.45) is 0 Å². The molecule has 2 aromatic carbocycles. The van der Waals surface area contributed by atoms with Crippen LogP contribution in [-0.4, -0.2) is 33.8 Å². The van der Waals surface area contributed by atoms with Gasteiger partial charge in [-0.15, -0.1) is 0 Å². The van der Waals surface area contributed by atoms with Gasteiger partial charge in [0.15, 0.2) is 27.1 Å². The monoisotopic (exact) mass is 445 g/mol. The third-order valence-corrected chi connectivity index (χ3v) is 5.54. The molecular formula is C23H27NO6S. The molecule has 0 saturated heterocycles. The maximum atomic E-state index is 13.0. The molecule has 1 amide bonds. The minimum atomic E-state index is -3.37. The van der Waals surface area contributed by atoms with Crippen molar-refractivity contribution in [1.82, 2.24) is 5.32 Å². The Bertz CT molecular complexity index is 1180. The lowest BCUT2D eigenvalue weighted by atomic mass is 10.1. The molecule has 1 heterocycles. The summed E-state index contributed by atoms with van der Waals surface area (Å²) in [5, 5.41) is 3.51.